The van der Waals surface area contributed by atoms with Crippen LogP contribution in [0.15, 0.2) is 0 Å². The van der Waals surface area contributed by atoms with Crippen LogP contribution >= 0.6 is 0 Å². The van der Waals surface area contributed by atoms with Crippen molar-refractivity contribution >= 4 is 16.1 Å². The van der Waals surface area contributed by atoms with Gasteiger partial charge in [-0.05, 0) is 12.8 Å². The number of halogens is 4. The molecule has 0 N–H and O–H groups in total. The van der Waals surface area contributed by atoms with E-state index >= 15 is 0 Å². The average Bonchev–Trinajstić information content (AvgIpc) is 2.28. The molecule has 0 aromatic rings. The Morgan fingerprint density at radius 3 is 2.00 bits per heavy atom. The van der Waals surface area contributed by atoms with Gasteiger partial charge in [0.25, 0.3) is 0 Å². The summed E-state index contributed by atoms with van der Waals surface area (Å²) < 4.78 is 84.8. The first kappa shape index (κ1) is 16.2. The molecule has 0 aromatic heterocycles. The molecule has 0 aliphatic heterocycles. The Morgan fingerprint density at radius 2 is 1.58 bits per heavy atom. The fourth-order valence-corrected chi connectivity index (χ4v) is 2.09. The molecule has 1 saturated carbocycles. The van der Waals surface area contributed by atoms with E-state index in [-0.39, 0.29) is 12.8 Å². The van der Waals surface area contributed by atoms with E-state index in [4.69, 9.17) is 0 Å². The van der Waals surface area contributed by atoms with Crippen molar-refractivity contribution in [2.75, 3.05) is 0 Å². The smallest absolute Gasteiger partial charge is 0.481 e. The van der Waals surface area contributed by atoms with Gasteiger partial charge in [-0.3, -0.25) is 4.79 Å². The van der Waals surface area contributed by atoms with Crippen molar-refractivity contribution in [2.45, 2.75) is 43.5 Å². The maximum absolute atomic E-state index is 12.9. The van der Waals surface area contributed by atoms with Gasteiger partial charge < -0.3 is 9.29 Å². The average molecular weight is 307 g/mol. The number of alkyl halides is 4. The zero-order valence-corrected chi connectivity index (χ0v) is 10.4. The number of carbonyl (C=O) groups excluding carboxylic acids is 1. The van der Waals surface area contributed by atoms with Crippen LogP contribution in [0, 0.1) is 5.92 Å². The molecular weight excluding hydrogens is 296 g/mol. The summed E-state index contributed by atoms with van der Waals surface area (Å²) in [7, 11) is -6.65. The lowest BCUT2D eigenvalue weighted by Crippen LogP contribution is -2.50. The fraction of sp³-hybridized carbons (Fsp3) is 0.889. The highest BCUT2D eigenvalue weighted by Crippen LogP contribution is 2.40. The molecule has 0 amide bonds. The van der Waals surface area contributed by atoms with Crippen LogP contribution in [0.2, 0.25) is 0 Å². The van der Waals surface area contributed by atoms with E-state index in [2.05, 4.69) is 4.74 Å². The predicted octanol–water partition coefficient (Wildman–Crippen LogP) is 1.84. The van der Waals surface area contributed by atoms with E-state index in [0.29, 0.717) is 12.8 Å². The number of carbonyl (C=O) groups is 1. The second kappa shape index (κ2) is 5.23. The summed E-state index contributed by atoms with van der Waals surface area (Å²) in [6.45, 7) is 0. The van der Waals surface area contributed by atoms with E-state index < -0.39 is 33.4 Å². The molecule has 1 aliphatic carbocycles. The zero-order valence-electron chi connectivity index (χ0n) is 9.57. The summed E-state index contributed by atoms with van der Waals surface area (Å²) >= 11 is 0. The summed E-state index contributed by atoms with van der Waals surface area (Å²) in [6.07, 6.45) is -3.38. The fourth-order valence-electron chi connectivity index (χ4n) is 1.75. The van der Waals surface area contributed by atoms with Crippen molar-refractivity contribution in [1.82, 2.24) is 0 Å². The molecule has 0 spiro atoms. The first-order chi connectivity index (χ1) is 8.49. The lowest BCUT2D eigenvalue weighted by molar-refractivity contribution is -0.304. The maximum Gasteiger partial charge on any atom is 0.481 e. The van der Waals surface area contributed by atoms with Gasteiger partial charge in [0.2, 0.25) is 0 Å². The third-order valence-electron chi connectivity index (χ3n) is 2.82. The van der Waals surface area contributed by atoms with Gasteiger partial charge in [-0.25, -0.2) is 8.42 Å². The third kappa shape index (κ3) is 3.35. The second-order valence-electron chi connectivity index (χ2n) is 4.24. The monoisotopic (exact) mass is 307 g/mol. The summed E-state index contributed by atoms with van der Waals surface area (Å²) in [5, 5.41) is -6.00. The van der Waals surface area contributed by atoms with Crippen LogP contribution in [-0.4, -0.2) is 30.3 Å². The lowest BCUT2D eigenvalue weighted by atomic mass is 9.89. The van der Waals surface area contributed by atoms with Gasteiger partial charge in [0, 0.05) is 0 Å². The van der Waals surface area contributed by atoms with Crippen LogP contribution in [0.3, 0.4) is 0 Å². The van der Waals surface area contributed by atoms with Crippen molar-refractivity contribution in [3.05, 3.63) is 0 Å². The van der Waals surface area contributed by atoms with E-state index in [1.165, 1.54) is 0 Å². The minimum absolute atomic E-state index is 0.199. The quantitative estimate of drug-likeness (QED) is 0.449. The highest BCUT2D eigenvalue weighted by Gasteiger charge is 2.66. The minimum atomic E-state index is -6.65. The summed E-state index contributed by atoms with van der Waals surface area (Å²) in [5.74, 6) is -2.60. The highest BCUT2D eigenvalue weighted by atomic mass is 32.2. The Labute approximate surface area is 106 Å². The molecule has 0 radical (unpaired) electrons. The molecule has 0 atom stereocenters. The van der Waals surface area contributed by atoms with E-state index in [9.17, 15) is 35.3 Å². The molecule has 1 aliphatic rings. The molecule has 1 rings (SSSR count). The van der Waals surface area contributed by atoms with Gasteiger partial charge in [-0.15, -0.1) is 0 Å². The Balaban J connectivity index is 2.81. The van der Waals surface area contributed by atoms with Crippen molar-refractivity contribution in [3.8, 4) is 0 Å². The maximum atomic E-state index is 12.9. The number of esters is 1. The molecule has 0 unspecified atom stereocenters. The van der Waals surface area contributed by atoms with Gasteiger partial charge in [0.15, 0.2) is 10.1 Å². The van der Waals surface area contributed by atoms with Crippen LogP contribution in [0.4, 0.5) is 17.6 Å². The molecular formula is C9H11F4O5S-. The predicted molar refractivity (Wildman–Crippen MR) is 52.3 cm³/mol. The van der Waals surface area contributed by atoms with Crippen molar-refractivity contribution in [2.24, 2.45) is 5.92 Å². The molecule has 5 nitrogen and oxygen atoms in total. The van der Waals surface area contributed by atoms with Crippen LogP contribution in [0.5, 0.6) is 0 Å². The summed E-state index contributed by atoms with van der Waals surface area (Å²) in [5.41, 5.74) is 0. The molecule has 0 bridgehead atoms. The lowest BCUT2D eigenvalue weighted by Gasteiger charge is -2.29. The van der Waals surface area contributed by atoms with Crippen LogP contribution < -0.4 is 0 Å². The summed E-state index contributed by atoms with van der Waals surface area (Å²) in [6, 6.07) is 0. The van der Waals surface area contributed by atoms with Gasteiger partial charge in [0.05, 0.1) is 5.92 Å². The Kier molecular flexibility index (Phi) is 4.45. The SMILES string of the molecule is O=C(OC(F)(F)C(F)(F)S(=O)(=O)[O-])C1CCCCC1. The molecule has 1 fully saturated rings. The third-order valence-corrected chi connectivity index (χ3v) is 3.69. The zero-order chi connectivity index (χ0) is 14.9. The van der Waals surface area contributed by atoms with Gasteiger partial charge >= 0.3 is 17.3 Å². The Hall–Kier alpha value is -0.900. The molecule has 10 heteroatoms. The van der Waals surface area contributed by atoms with Gasteiger partial charge in [0.1, 0.15) is 0 Å². The van der Waals surface area contributed by atoms with Crippen molar-refractivity contribution in [1.29, 1.82) is 0 Å². The first-order valence-electron chi connectivity index (χ1n) is 5.43. The molecule has 112 valence electrons. The summed E-state index contributed by atoms with van der Waals surface area (Å²) in [4.78, 5) is 11.3. The Bertz CT molecular complexity index is 442. The van der Waals surface area contributed by atoms with Crippen LogP contribution in [0.1, 0.15) is 32.1 Å². The molecule has 19 heavy (non-hydrogen) atoms. The van der Waals surface area contributed by atoms with Crippen LogP contribution in [-0.2, 0) is 19.6 Å². The normalized spacial score (nSPS) is 19.2. The highest BCUT2D eigenvalue weighted by molar-refractivity contribution is 7.86. The minimum Gasteiger partial charge on any atom is -0.743 e. The Morgan fingerprint density at radius 1 is 1.11 bits per heavy atom. The second-order valence-corrected chi connectivity index (χ2v) is 5.66. The number of rotatable bonds is 4. The number of hydrogen-bond acceptors (Lipinski definition) is 5. The van der Waals surface area contributed by atoms with Crippen molar-refractivity contribution < 1.29 is 40.1 Å². The van der Waals surface area contributed by atoms with Crippen molar-refractivity contribution in [3.63, 3.8) is 0 Å². The largest absolute Gasteiger partial charge is 0.743 e. The van der Waals surface area contributed by atoms with E-state index in [0.717, 1.165) is 6.42 Å². The first-order valence-corrected chi connectivity index (χ1v) is 6.84. The standard InChI is InChI=1S/C9H12F4O5S/c10-8(11,9(12,13)19(15,16)17)18-7(14)6-4-2-1-3-5-6/h6H,1-5H2,(H,15,16,17)/p-1. The van der Waals surface area contributed by atoms with Gasteiger partial charge in [-0.2, -0.15) is 17.6 Å². The molecule has 0 heterocycles. The number of hydrogen-bond donors (Lipinski definition) is 0. The topological polar surface area (TPSA) is 83.5 Å². The molecule has 0 aromatic carbocycles. The van der Waals surface area contributed by atoms with Crippen LogP contribution in [0.25, 0.3) is 0 Å². The van der Waals surface area contributed by atoms with Gasteiger partial charge in [-0.1, -0.05) is 19.3 Å². The van der Waals surface area contributed by atoms with E-state index in [1.54, 1.807) is 0 Å². The molecule has 0 saturated heterocycles. The van der Waals surface area contributed by atoms with E-state index in [1.807, 2.05) is 0 Å². The number of ether oxygens (including phenoxy) is 1.